The van der Waals surface area contributed by atoms with E-state index in [-0.39, 0.29) is 11.3 Å². The number of ether oxygens (including phenoxy) is 2. The molecular formula is C24H19N3O7S. The van der Waals surface area contributed by atoms with Gasteiger partial charge in [-0.3, -0.25) is 24.3 Å². The Kier molecular flexibility index (Phi) is 6.43. The van der Waals surface area contributed by atoms with Crippen molar-refractivity contribution in [1.29, 1.82) is 0 Å². The largest absolute Gasteiger partial charge is 0.466 e. The van der Waals surface area contributed by atoms with E-state index in [4.69, 9.17) is 9.47 Å². The van der Waals surface area contributed by atoms with Gasteiger partial charge in [0.2, 0.25) is 0 Å². The molecule has 1 unspecified atom stereocenters. The molecular weight excluding hydrogens is 474 g/mol. The minimum atomic E-state index is -0.836. The average Bonchev–Trinajstić information content (AvgIpc) is 3.12. The van der Waals surface area contributed by atoms with Crippen LogP contribution in [-0.2, 0) is 14.3 Å². The van der Waals surface area contributed by atoms with Crippen LogP contribution in [-0.4, -0.2) is 28.5 Å². The molecule has 11 heteroatoms. The zero-order valence-corrected chi connectivity index (χ0v) is 19.7. The van der Waals surface area contributed by atoms with E-state index in [1.807, 2.05) is 0 Å². The van der Waals surface area contributed by atoms with Crippen LogP contribution in [0.15, 0.2) is 69.6 Å². The summed E-state index contributed by atoms with van der Waals surface area (Å²) in [5.74, 6) is -0.786. The van der Waals surface area contributed by atoms with Crippen LogP contribution in [0.5, 0.6) is 5.75 Å². The standard InChI is InChI=1S/C24H19N3O7S/c1-13-20(23(30)33-3)21(16-7-9-18(10-8-16)34-14(2)28)26-22(29)19(35-24(26)25-13)12-15-5-4-6-17(11-15)27(31)32/h4-12,21H,1-3H3. The molecule has 3 aromatic rings. The average molecular weight is 493 g/mol. The number of carbonyl (C=O) groups is 2. The number of non-ortho nitro benzene ring substituents is 1. The van der Waals surface area contributed by atoms with E-state index >= 15 is 0 Å². The van der Waals surface area contributed by atoms with E-state index < -0.39 is 28.5 Å². The summed E-state index contributed by atoms with van der Waals surface area (Å²) in [4.78, 5) is 52.9. The number of benzene rings is 2. The van der Waals surface area contributed by atoms with E-state index in [1.54, 1.807) is 43.3 Å². The monoisotopic (exact) mass is 493 g/mol. The van der Waals surface area contributed by atoms with Crippen LogP contribution in [0.3, 0.4) is 0 Å². The molecule has 178 valence electrons. The van der Waals surface area contributed by atoms with Crippen LogP contribution in [0.1, 0.15) is 31.0 Å². The number of aromatic nitrogens is 1. The summed E-state index contributed by atoms with van der Waals surface area (Å²) in [6.45, 7) is 2.94. The molecule has 1 atom stereocenters. The van der Waals surface area contributed by atoms with E-state index in [9.17, 15) is 24.5 Å². The van der Waals surface area contributed by atoms with Crippen LogP contribution in [0.4, 0.5) is 5.69 Å². The number of nitro benzene ring substituents is 1. The lowest BCUT2D eigenvalue weighted by atomic mass is 9.96. The summed E-state index contributed by atoms with van der Waals surface area (Å²) in [7, 11) is 1.25. The number of hydrogen-bond acceptors (Lipinski definition) is 9. The Balaban J connectivity index is 1.90. The number of thiazole rings is 1. The lowest BCUT2D eigenvalue weighted by Gasteiger charge is -2.24. The third-order valence-corrected chi connectivity index (χ3v) is 6.25. The van der Waals surface area contributed by atoms with Crippen LogP contribution >= 0.6 is 11.3 Å². The molecule has 2 heterocycles. The second kappa shape index (κ2) is 9.47. The van der Waals surface area contributed by atoms with Gasteiger partial charge in [-0.15, -0.1) is 0 Å². The van der Waals surface area contributed by atoms with Gasteiger partial charge in [-0.05, 0) is 36.3 Å². The fourth-order valence-electron chi connectivity index (χ4n) is 3.77. The summed E-state index contributed by atoms with van der Waals surface area (Å²) < 4.78 is 11.7. The first-order valence-electron chi connectivity index (χ1n) is 10.3. The number of allylic oxidation sites excluding steroid dienone is 1. The summed E-state index contributed by atoms with van der Waals surface area (Å²) in [5.41, 5.74) is 1.15. The fraction of sp³-hybridized carbons (Fsp3) is 0.167. The summed E-state index contributed by atoms with van der Waals surface area (Å²) in [5, 5.41) is 11.1. The van der Waals surface area contributed by atoms with Crippen molar-refractivity contribution >= 4 is 35.0 Å². The SMILES string of the molecule is COC(=O)C1=C(C)N=c2sc(=Cc3cccc([N+](=O)[O-])c3)c(=O)n2C1c1ccc(OC(C)=O)cc1. The van der Waals surface area contributed by atoms with E-state index in [2.05, 4.69) is 4.99 Å². The van der Waals surface area contributed by atoms with Gasteiger partial charge in [0, 0.05) is 19.1 Å². The van der Waals surface area contributed by atoms with Gasteiger partial charge in [0.1, 0.15) is 5.75 Å². The van der Waals surface area contributed by atoms with Gasteiger partial charge < -0.3 is 9.47 Å². The Morgan fingerprint density at radius 1 is 1.20 bits per heavy atom. The molecule has 0 amide bonds. The highest BCUT2D eigenvalue weighted by Crippen LogP contribution is 2.31. The van der Waals surface area contributed by atoms with Crippen molar-refractivity contribution in [3.05, 3.63) is 101 Å². The second-order valence-corrected chi connectivity index (χ2v) is 8.60. The number of nitro groups is 1. The molecule has 0 radical (unpaired) electrons. The van der Waals surface area contributed by atoms with Crippen molar-refractivity contribution in [2.24, 2.45) is 4.99 Å². The molecule has 0 aliphatic carbocycles. The molecule has 4 rings (SSSR count). The van der Waals surface area contributed by atoms with Gasteiger partial charge in [0.05, 0.1) is 33.9 Å². The first-order chi connectivity index (χ1) is 16.7. The van der Waals surface area contributed by atoms with E-state index in [1.165, 1.54) is 36.8 Å². The zero-order chi connectivity index (χ0) is 25.3. The third kappa shape index (κ3) is 4.66. The minimum Gasteiger partial charge on any atom is -0.466 e. The Bertz CT molecular complexity index is 1570. The lowest BCUT2D eigenvalue weighted by Crippen LogP contribution is -2.39. The number of nitrogens with zero attached hydrogens (tertiary/aromatic N) is 3. The van der Waals surface area contributed by atoms with Crippen LogP contribution in [0.2, 0.25) is 0 Å². The van der Waals surface area contributed by atoms with Crippen molar-refractivity contribution in [1.82, 2.24) is 4.57 Å². The summed E-state index contributed by atoms with van der Waals surface area (Å²) in [6.07, 6.45) is 1.55. The molecule has 2 aromatic carbocycles. The van der Waals surface area contributed by atoms with E-state index in [0.717, 1.165) is 11.3 Å². The molecule has 0 spiro atoms. The molecule has 1 aliphatic heterocycles. The number of rotatable bonds is 5. The molecule has 1 aromatic heterocycles. The fourth-order valence-corrected chi connectivity index (χ4v) is 4.82. The van der Waals surface area contributed by atoms with Crippen LogP contribution in [0, 0.1) is 10.1 Å². The van der Waals surface area contributed by atoms with Gasteiger partial charge in [-0.2, -0.15) is 0 Å². The van der Waals surface area contributed by atoms with E-state index in [0.29, 0.717) is 31.9 Å². The van der Waals surface area contributed by atoms with Crippen molar-refractivity contribution in [2.75, 3.05) is 7.11 Å². The maximum absolute atomic E-state index is 13.5. The highest BCUT2D eigenvalue weighted by Gasteiger charge is 2.33. The predicted octanol–water partition coefficient (Wildman–Crippen LogP) is 2.24. The molecule has 0 bridgehead atoms. The highest BCUT2D eigenvalue weighted by molar-refractivity contribution is 7.07. The smallest absolute Gasteiger partial charge is 0.338 e. The lowest BCUT2D eigenvalue weighted by molar-refractivity contribution is -0.384. The summed E-state index contributed by atoms with van der Waals surface area (Å²) >= 11 is 1.11. The summed E-state index contributed by atoms with van der Waals surface area (Å²) in [6, 6.07) is 11.5. The first kappa shape index (κ1) is 23.8. The van der Waals surface area contributed by atoms with Crippen molar-refractivity contribution in [3.63, 3.8) is 0 Å². The molecule has 0 saturated heterocycles. The topological polar surface area (TPSA) is 130 Å². The predicted molar refractivity (Wildman–Crippen MR) is 127 cm³/mol. The molecule has 0 fully saturated rings. The Hall–Kier alpha value is -4.38. The number of esters is 2. The quantitative estimate of drug-likeness (QED) is 0.231. The van der Waals surface area contributed by atoms with Crippen molar-refractivity contribution in [2.45, 2.75) is 19.9 Å². The first-order valence-corrected chi connectivity index (χ1v) is 11.1. The van der Waals surface area contributed by atoms with Gasteiger partial charge >= 0.3 is 11.9 Å². The zero-order valence-electron chi connectivity index (χ0n) is 18.9. The normalized spacial score (nSPS) is 15.3. The number of fused-ring (bicyclic) bond motifs is 1. The van der Waals surface area contributed by atoms with Crippen LogP contribution in [0.25, 0.3) is 6.08 Å². The minimum absolute atomic E-state index is 0.0962. The van der Waals surface area contributed by atoms with Gasteiger partial charge in [-0.25, -0.2) is 9.79 Å². The maximum Gasteiger partial charge on any atom is 0.338 e. The Morgan fingerprint density at radius 2 is 1.91 bits per heavy atom. The molecule has 35 heavy (non-hydrogen) atoms. The Morgan fingerprint density at radius 3 is 2.54 bits per heavy atom. The second-order valence-electron chi connectivity index (χ2n) is 7.59. The van der Waals surface area contributed by atoms with Crippen molar-refractivity contribution in [3.8, 4) is 5.75 Å². The molecule has 0 saturated carbocycles. The third-order valence-electron chi connectivity index (χ3n) is 5.26. The number of hydrogen-bond donors (Lipinski definition) is 0. The molecule has 1 aliphatic rings. The maximum atomic E-state index is 13.5. The van der Waals surface area contributed by atoms with Gasteiger partial charge in [-0.1, -0.05) is 35.6 Å². The number of carbonyl (C=O) groups excluding carboxylic acids is 2. The number of methoxy groups -OCH3 is 1. The van der Waals surface area contributed by atoms with Gasteiger partial charge in [0.25, 0.3) is 11.2 Å². The van der Waals surface area contributed by atoms with Crippen LogP contribution < -0.4 is 19.6 Å². The molecule has 10 nitrogen and oxygen atoms in total. The van der Waals surface area contributed by atoms with Gasteiger partial charge in [0.15, 0.2) is 4.80 Å². The van der Waals surface area contributed by atoms with Crippen molar-refractivity contribution < 1.29 is 24.0 Å². The highest BCUT2D eigenvalue weighted by atomic mass is 32.1. The molecule has 0 N–H and O–H groups in total. The Labute approximate surface area is 202 Å².